The van der Waals surface area contributed by atoms with Crippen LogP contribution in [0.15, 0.2) is 59.4 Å². The second-order valence-electron chi connectivity index (χ2n) is 6.51. The number of hydrogen-bond acceptors (Lipinski definition) is 5. The van der Waals surface area contributed by atoms with Crippen LogP contribution in [-0.2, 0) is 6.42 Å². The van der Waals surface area contributed by atoms with Crippen LogP contribution in [0.3, 0.4) is 0 Å². The molecule has 2 atom stereocenters. The summed E-state index contributed by atoms with van der Waals surface area (Å²) < 4.78 is 0. The third kappa shape index (κ3) is 5.87. The molecule has 0 spiro atoms. The first-order chi connectivity index (χ1) is 13.1. The summed E-state index contributed by atoms with van der Waals surface area (Å²) in [5, 5.41) is 27.1. The number of azo groups is 1. The van der Waals surface area contributed by atoms with Gasteiger partial charge in [0, 0.05) is 6.20 Å². The van der Waals surface area contributed by atoms with E-state index in [1.807, 2.05) is 30.3 Å². The summed E-state index contributed by atoms with van der Waals surface area (Å²) in [5.41, 5.74) is 3.24. The molecule has 5 heteroatoms. The molecule has 2 rings (SSSR count). The summed E-state index contributed by atoms with van der Waals surface area (Å²) >= 11 is 0. The molecule has 1 heterocycles. The largest absolute Gasteiger partial charge is 0.255 e. The van der Waals surface area contributed by atoms with Gasteiger partial charge in [-0.1, -0.05) is 32.9 Å². The number of nitriles is 2. The number of pyridine rings is 1. The van der Waals surface area contributed by atoms with E-state index < -0.39 is 0 Å². The highest BCUT2D eigenvalue weighted by Gasteiger charge is 2.16. The smallest absolute Gasteiger partial charge is 0.104 e. The predicted octanol–water partition coefficient (Wildman–Crippen LogP) is 5.30. The molecular weight excluding hydrogens is 334 g/mol. The van der Waals surface area contributed by atoms with Crippen molar-refractivity contribution < 1.29 is 0 Å². The summed E-state index contributed by atoms with van der Waals surface area (Å²) in [7, 11) is 0. The molecule has 5 nitrogen and oxygen atoms in total. The van der Waals surface area contributed by atoms with E-state index in [1.165, 1.54) is 0 Å². The molecule has 0 amide bonds. The van der Waals surface area contributed by atoms with E-state index in [-0.39, 0.29) is 6.04 Å². The zero-order chi connectivity index (χ0) is 19.6. The summed E-state index contributed by atoms with van der Waals surface area (Å²) in [6, 6.07) is 15.1. The average molecular weight is 357 g/mol. The van der Waals surface area contributed by atoms with E-state index in [0.717, 1.165) is 24.8 Å². The molecule has 0 fully saturated rings. The normalized spacial score (nSPS) is 12.9. The van der Waals surface area contributed by atoms with Gasteiger partial charge in [-0.05, 0) is 54.7 Å². The lowest BCUT2D eigenvalue weighted by Crippen LogP contribution is -2.16. The first-order valence-electron chi connectivity index (χ1n) is 9.02. The fraction of sp³-hybridized carbons (Fsp3) is 0.318. The van der Waals surface area contributed by atoms with Gasteiger partial charge in [0.1, 0.15) is 5.70 Å². The lowest BCUT2D eigenvalue weighted by atomic mass is 9.93. The molecule has 1 aromatic heterocycles. The molecule has 0 aliphatic rings. The molecule has 0 bridgehead atoms. The Morgan fingerprint density at radius 1 is 1.19 bits per heavy atom. The standard InChI is InChI=1S/C22H23N5/c1-4-16(2)21(27-26-17(3)22-7-5-6-10-25-22)9-8-18-11-19(14-23)13-20(12-18)15-24/h5-7,10-13,16,21H,3-4,8-9H2,1-2H3. The van der Waals surface area contributed by atoms with E-state index in [4.69, 9.17) is 10.5 Å². The summed E-state index contributed by atoms with van der Waals surface area (Å²) in [6.45, 7) is 8.23. The van der Waals surface area contributed by atoms with Crippen LogP contribution in [0.5, 0.6) is 0 Å². The maximum atomic E-state index is 9.13. The second-order valence-corrected chi connectivity index (χ2v) is 6.51. The molecule has 27 heavy (non-hydrogen) atoms. The first kappa shape index (κ1) is 20.0. The topological polar surface area (TPSA) is 85.2 Å². The van der Waals surface area contributed by atoms with Crippen molar-refractivity contribution in [3.05, 3.63) is 71.6 Å². The highest BCUT2D eigenvalue weighted by Crippen LogP contribution is 2.21. The van der Waals surface area contributed by atoms with Gasteiger partial charge in [0.05, 0.1) is 35.0 Å². The summed E-state index contributed by atoms with van der Waals surface area (Å²) in [4.78, 5) is 4.24. The molecule has 1 aromatic carbocycles. The minimum Gasteiger partial charge on any atom is -0.255 e. The van der Waals surface area contributed by atoms with Crippen molar-refractivity contribution in [1.29, 1.82) is 10.5 Å². The monoisotopic (exact) mass is 357 g/mol. The number of rotatable bonds is 8. The molecule has 0 saturated heterocycles. The highest BCUT2D eigenvalue weighted by atomic mass is 15.1. The molecule has 2 unspecified atom stereocenters. The number of aryl methyl sites for hydroxylation is 1. The van der Waals surface area contributed by atoms with Crippen LogP contribution >= 0.6 is 0 Å². The Bertz CT molecular complexity index is 855. The Morgan fingerprint density at radius 3 is 2.44 bits per heavy atom. The first-order valence-corrected chi connectivity index (χ1v) is 9.02. The van der Waals surface area contributed by atoms with Crippen LogP contribution in [0, 0.1) is 28.6 Å². The SMILES string of the molecule is C=C(N=NC(CCc1cc(C#N)cc(C#N)c1)C(C)CC)c1ccccn1. The van der Waals surface area contributed by atoms with Gasteiger partial charge in [-0.2, -0.15) is 20.8 Å². The van der Waals surface area contributed by atoms with Crippen LogP contribution in [0.25, 0.3) is 5.70 Å². The van der Waals surface area contributed by atoms with E-state index in [1.54, 1.807) is 12.3 Å². The third-order valence-electron chi connectivity index (χ3n) is 4.57. The van der Waals surface area contributed by atoms with Crippen molar-refractivity contribution >= 4 is 5.70 Å². The van der Waals surface area contributed by atoms with Gasteiger partial charge in [-0.15, -0.1) is 0 Å². The number of aromatic nitrogens is 1. The third-order valence-corrected chi connectivity index (χ3v) is 4.57. The maximum absolute atomic E-state index is 9.13. The van der Waals surface area contributed by atoms with Gasteiger partial charge < -0.3 is 0 Å². The van der Waals surface area contributed by atoms with E-state index in [2.05, 4.69) is 47.8 Å². The van der Waals surface area contributed by atoms with Crippen molar-refractivity contribution in [2.75, 3.05) is 0 Å². The molecule has 0 aliphatic heterocycles. The van der Waals surface area contributed by atoms with Crippen LogP contribution in [0.2, 0.25) is 0 Å². The van der Waals surface area contributed by atoms with Gasteiger partial charge in [0.25, 0.3) is 0 Å². The lowest BCUT2D eigenvalue weighted by Gasteiger charge is -2.18. The lowest BCUT2D eigenvalue weighted by molar-refractivity contribution is 0.410. The van der Waals surface area contributed by atoms with Gasteiger partial charge in [-0.3, -0.25) is 4.98 Å². The van der Waals surface area contributed by atoms with Crippen LogP contribution < -0.4 is 0 Å². The van der Waals surface area contributed by atoms with E-state index in [9.17, 15) is 0 Å². The molecule has 0 radical (unpaired) electrons. The molecular formula is C22H23N5. The van der Waals surface area contributed by atoms with Gasteiger partial charge >= 0.3 is 0 Å². The minimum absolute atomic E-state index is 0.0340. The Hall–Kier alpha value is -3.31. The minimum atomic E-state index is 0.0340. The van der Waals surface area contributed by atoms with Gasteiger partial charge in [-0.25, -0.2) is 0 Å². The Labute approximate surface area is 160 Å². The van der Waals surface area contributed by atoms with Crippen molar-refractivity contribution in [1.82, 2.24) is 4.98 Å². The Kier molecular flexibility index (Phi) is 7.40. The van der Waals surface area contributed by atoms with Crippen LogP contribution in [0.4, 0.5) is 0 Å². The number of benzene rings is 1. The fourth-order valence-corrected chi connectivity index (χ4v) is 2.74. The van der Waals surface area contributed by atoms with Crippen molar-refractivity contribution in [2.24, 2.45) is 16.1 Å². The molecule has 0 aliphatic carbocycles. The van der Waals surface area contributed by atoms with Gasteiger partial charge in [0.15, 0.2) is 0 Å². The molecule has 0 N–H and O–H groups in total. The number of nitrogens with zero attached hydrogens (tertiary/aromatic N) is 5. The maximum Gasteiger partial charge on any atom is 0.104 e. The summed E-state index contributed by atoms with van der Waals surface area (Å²) in [6.07, 6.45) is 4.21. The molecule has 2 aromatic rings. The van der Waals surface area contributed by atoms with Crippen LogP contribution in [0.1, 0.15) is 49.1 Å². The molecule has 136 valence electrons. The highest BCUT2D eigenvalue weighted by molar-refractivity contribution is 5.57. The Morgan fingerprint density at radius 2 is 1.89 bits per heavy atom. The second kappa shape index (κ2) is 9.99. The van der Waals surface area contributed by atoms with E-state index in [0.29, 0.717) is 28.4 Å². The fourth-order valence-electron chi connectivity index (χ4n) is 2.74. The van der Waals surface area contributed by atoms with Gasteiger partial charge in [0.2, 0.25) is 0 Å². The average Bonchev–Trinajstić information content (AvgIpc) is 2.73. The van der Waals surface area contributed by atoms with Crippen molar-refractivity contribution in [3.63, 3.8) is 0 Å². The van der Waals surface area contributed by atoms with Crippen molar-refractivity contribution in [2.45, 2.75) is 39.2 Å². The van der Waals surface area contributed by atoms with Crippen LogP contribution in [-0.4, -0.2) is 11.0 Å². The quantitative estimate of drug-likeness (QED) is 0.601. The number of hydrogen-bond donors (Lipinski definition) is 0. The van der Waals surface area contributed by atoms with Crippen molar-refractivity contribution in [3.8, 4) is 12.1 Å². The summed E-state index contributed by atoms with van der Waals surface area (Å²) in [5.74, 6) is 0.361. The Balaban J connectivity index is 2.11. The molecule has 0 saturated carbocycles. The predicted molar refractivity (Wildman–Crippen MR) is 106 cm³/mol. The zero-order valence-electron chi connectivity index (χ0n) is 15.8. The zero-order valence-corrected chi connectivity index (χ0v) is 15.8. The van der Waals surface area contributed by atoms with E-state index >= 15 is 0 Å².